The maximum atomic E-state index is 3.80. The van der Waals surface area contributed by atoms with E-state index < -0.39 is 0 Å². The Morgan fingerprint density at radius 2 is 2.00 bits per heavy atom. The highest BCUT2D eigenvalue weighted by Gasteiger charge is 2.05. The first-order valence-electron chi connectivity index (χ1n) is 4.02. The van der Waals surface area contributed by atoms with Crippen molar-refractivity contribution in [1.82, 2.24) is 0 Å². The van der Waals surface area contributed by atoms with Gasteiger partial charge in [0.05, 0.1) is 0 Å². The van der Waals surface area contributed by atoms with E-state index in [1.165, 1.54) is 12.8 Å². The van der Waals surface area contributed by atoms with Gasteiger partial charge >= 0.3 is 0 Å². The van der Waals surface area contributed by atoms with Crippen LogP contribution < -0.4 is 0 Å². The van der Waals surface area contributed by atoms with Crippen molar-refractivity contribution in [1.29, 1.82) is 0 Å². The molecule has 2 atom stereocenters. The van der Waals surface area contributed by atoms with Gasteiger partial charge in [0, 0.05) is 10.5 Å². The van der Waals surface area contributed by atoms with Gasteiger partial charge in [-0.2, -0.15) is 11.8 Å². The summed E-state index contributed by atoms with van der Waals surface area (Å²) in [5, 5.41) is 1.44. The van der Waals surface area contributed by atoms with Crippen LogP contribution in [0.4, 0.5) is 0 Å². The summed E-state index contributed by atoms with van der Waals surface area (Å²) in [6.07, 6.45) is 4.52. The molecule has 0 aromatic rings. The molecule has 0 N–H and O–H groups in total. The summed E-state index contributed by atoms with van der Waals surface area (Å²) < 4.78 is 0. The first-order valence-corrected chi connectivity index (χ1v) is 4.96. The summed E-state index contributed by atoms with van der Waals surface area (Å²) in [5.41, 5.74) is 0. The molecule has 0 saturated carbocycles. The molecule has 0 aliphatic rings. The molecule has 0 fully saturated rings. The average Bonchev–Trinajstić information content (AvgIpc) is 1.99. The molecule has 0 nitrogen and oxygen atoms in total. The minimum atomic E-state index is 0.662. The molecule has 10 heavy (non-hydrogen) atoms. The maximum Gasteiger partial charge on any atom is 0.0224 e. The molecule has 1 heteroatoms. The minimum Gasteiger partial charge on any atom is -0.151 e. The lowest BCUT2D eigenvalue weighted by atomic mass is 10.3. The molecule has 0 aromatic heterocycles. The fourth-order valence-corrected chi connectivity index (χ4v) is 1.81. The van der Waals surface area contributed by atoms with Gasteiger partial charge in [0.25, 0.3) is 0 Å². The number of hydrogen-bond acceptors (Lipinski definition) is 1. The lowest BCUT2D eigenvalue weighted by molar-refractivity contribution is 0.886. The van der Waals surface area contributed by atoms with Crippen molar-refractivity contribution < 1.29 is 0 Å². The molecule has 0 aliphatic carbocycles. The van der Waals surface area contributed by atoms with E-state index in [1.54, 1.807) is 0 Å². The first-order chi connectivity index (χ1) is 4.74. The molecule has 0 radical (unpaired) electrons. The van der Waals surface area contributed by atoms with Gasteiger partial charge in [0.15, 0.2) is 0 Å². The standard InChI is InChI=1S/C9H18S/c1-5-8(4)10-9(6-2)7-3/h6,8-9H,2,5,7H2,1,3-4H3. The monoisotopic (exact) mass is 158 g/mol. The van der Waals surface area contributed by atoms with Crippen molar-refractivity contribution in [3.63, 3.8) is 0 Å². The predicted molar refractivity (Wildman–Crippen MR) is 51.6 cm³/mol. The average molecular weight is 158 g/mol. The van der Waals surface area contributed by atoms with Crippen LogP contribution in [0.15, 0.2) is 12.7 Å². The predicted octanol–water partition coefficient (Wildman–Crippen LogP) is 3.48. The van der Waals surface area contributed by atoms with E-state index in [4.69, 9.17) is 0 Å². The van der Waals surface area contributed by atoms with E-state index >= 15 is 0 Å². The quantitative estimate of drug-likeness (QED) is 0.552. The maximum absolute atomic E-state index is 3.80. The van der Waals surface area contributed by atoms with Gasteiger partial charge in [-0.05, 0) is 12.8 Å². The SMILES string of the molecule is C=CC(CC)SC(C)CC. The summed E-state index contributed by atoms with van der Waals surface area (Å²) in [6.45, 7) is 10.5. The summed E-state index contributed by atoms with van der Waals surface area (Å²) in [6, 6.07) is 0. The van der Waals surface area contributed by atoms with Gasteiger partial charge in [0.2, 0.25) is 0 Å². The van der Waals surface area contributed by atoms with Gasteiger partial charge in [-0.3, -0.25) is 0 Å². The Morgan fingerprint density at radius 1 is 1.40 bits per heavy atom. The zero-order chi connectivity index (χ0) is 7.98. The second kappa shape index (κ2) is 5.84. The van der Waals surface area contributed by atoms with Crippen LogP contribution in [0.1, 0.15) is 33.6 Å². The van der Waals surface area contributed by atoms with E-state index in [1.807, 2.05) is 11.8 Å². The largest absolute Gasteiger partial charge is 0.151 e. The van der Waals surface area contributed by atoms with Gasteiger partial charge in [-0.25, -0.2) is 0 Å². The van der Waals surface area contributed by atoms with E-state index in [0.717, 1.165) is 5.25 Å². The van der Waals surface area contributed by atoms with E-state index in [0.29, 0.717) is 5.25 Å². The Balaban J connectivity index is 3.51. The van der Waals surface area contributed by atoms with Gasteiger partial charge in [-0.15, -0.1) is 6.58 Å². The summed E-state index contributed by atoms with van der Waals surface area (Å²) in [5.74, 6) is 0. The summed E-state index contributed by atoms with van der Waals surface area (Å²) >= 11 is 2.03. The third-order valence-electron chi connectivity index (χ3n) is 1.65. The van der Waals surface area contributed by atoms with Crippen molar-refractivity contribution in [2.75, 3.05) is 0 Å². The molecule has 0 heterocycles. The van der Waals surface area contributed by atoms with Crippen molar-refractivity contribution in [2.24, 2.45) is 0 Å². The molecular formula is C9H18S. The molecule has 0 rings (SSSR count). The van der Waals surface area contributed by atoms with Gasteiger partial charge in [0.1, 0.15) is 0 Å². The Hall–Kier alpha value is 0.0900. The van der Waals surface area contributed by atoms with Crippen LogP contribution in [0.25, 0.3) is 0 Å². The second-order valence-corrected chi connectivity index (χ2v) is 4.22. The third-order valence-corrected chi connectivity index (χ3v) is 3.32. The Bertz CT molecular complexity index is 88.7. The van der Waals surface area contributed by atoms with Crippen LogP contribution in [0.5, 0.6) is 0 Å². The highest BCUT2D eigenvalue weighted by atomic mass is 32.2. The van der Waals surface area contributed by atoms with Crippen LogP contribution in [0.2, 0.25) is 0 Å². The lowest BCUT2D eigenvalue weighted by Crippen LogP contribution is -2.02. The molecule has 0 saturated heterocycles. The normalized spacial score (nSPS) is 16.3. The lowest BCUT2D eigenvalue weighted by Gasteiger charge is -2.13. The second-order valence-electron chi connectivity index (χ2n) is 2.54. The summed E-state index contributed by atoms with van der Waals surface area (Å²) in [7, 11) is 0. The van der Waals surface area contributed by atoms with E-state index in [-0.39, 0.29) is 0 Å². The molecule has 0 bridgehead atoms. The number of rotatable bonds is 5. The highest BCUT2D eigenvalue weighted by molar-refractivity contribution is 8.00. The van der Waals surface area contributed by atoms with Crippen LogP contribution >= 0.6 is 11.8 Å². The van der Waals surface area contributed by atoms with Crippen LogP contribution in [-0.4, -0.2) is 10.5 Å². The van der Waals surface area contributed by atoms with E-state index in [9.17, 15) is 0 Å². The van der Waals surface area contributed by atoms with E-state index in [2.05, 4.69) is 33.4 Å². The smallest absolute Gasteiger partial charge is 0.0224 e. The van der Waals surface area contributed by atoms with Crippen molar-refractivity contribution in [3.05, 3.63) is 12.7 Å². The van der Waals surface area contributed by atoms with Crippen molar-refractivity contribution in [2.45, 2.75) is 44.1 Å². The van der Waals surface area contributed by atoms with Crippen molar-refractivity contribution in [3.8, 4) is 0 Å². The molecule has 60 valence electrons. The highest BCUT2D eigenvalue weighted by Crippen LogP contribution is 2.22. The zero-order valence-corrected chi connectivity index (χ0v) is 8.08. The van der Waals surface area contributed by atoms with Gasteiger partial charge < -0.3 is 0 Å². The Kier molecular flexibility index (Phi) is 5.90. The fourth-order valence-electron chi connectivity index (χ4n) is 0.713. The number of hydrogen-bond donors (Lipinski definition) is 0. The molecule has 0 amide bonds. The first kappa shape index (κ1) is 10.1. The molecule has 0 aromatic carbocycles. The Labute approximate surface area is 69.1 Å². The molecule has 2 unspecified atom stereocenters. The Morgan fingerprint density at radius 3 is 2.30 bits per heavy atom. The van der Waals surface area contributed by atoms with Crippen LogP contribution in [-0.2, 0) is 0 Å². The van der Waals surface area contributed by atoms with Crippen LogP contribution in [0.3, 0.4) is 0 Å². The zero-order valence-electron chi connectivity index (χ0n) is 7.26. The molecule has 0 spiro atoms. The minimum absolute atomic E-state index is 0.662. The number of thioether (sulfide) groups is 1. The third kappa shape index (κ3) is 3.99. The van der Waals surface area contributed by atoms with Gasteiger partial charge in [-0.1, -0.05) is 26.8 Å². The molecule has 0 aliphatic heterocycles. The molecular weight excluding hydrogens is 140 g/mol. The topological polar surface area (TPSA) is 0 Å². The van der Waals surface area contributed by atoms with Crippen molar-refractivity contribution >= 4 is 11.8 Å². The summed E-state index contributed by atoms with van der Waals surface area (Å²) in [4.78, 5) is 0. The fraction of sp³-hybridized carbons (Fsp3) is 0.778. The van der Waals surface area contributed by atoms with Crippen LogP contribution in [0, 0.1) is 0 Å².